The van der Waals surface area contributed by atoms with E-state index in [1.165, 1.54) is 0 Å². The third kappa shape index (κ3) is 4.47. The molecule has 1 aliphatic heterocycles. The molecule has 1 heterocycles. The molecule has 1 fully saturated rings. The predicted octanol–water partition coefficient (Wildman–Crippen LogP) is 2.15. The molecule has 5 nitrogen and oxygen atoms in total. The molecular formula is C17H23N3O2. The van der Waals surface area contributed by atoms with Crippen molar-refractivity contribution in [2.75, 3.05) is 39.3 Å². The second-order valence-corrected chi connectivity index (χ2v) is 5.42. The molecule has 0 radical (unpaired) electrons. The third-order valence-corrected chi connectivity index (χ3v) is 3.75. The van der Waals surface area contributed by atoms with Gasteiger partial charge in [-0.05, 0) is 24.6 Å². The zero-order valence-electron chi connectivity index (χ0n) is 13.1. The van der Waals surface area contributed by atoms with Crippen molar-refractivity contribution in [1.82, 2.24) is 9.80 Å². The van der Waals surface area contributed by atoms with Gasteiger partial charge in [-0.2, -0.15) is 5.26 Å². The van der Waals surface area contributed by atoms with Crippen LogP contribution >= 0.6 is 0 Å². The van der Waals surface area contributed by atoms with Crippen LogP contribution in [0.4, 0.5) is 0 Å². The summed E-state index contributed by atoms with van der Waals surface area (Å²) >= 11 is 0. The van der Waals surface area contributed by atoms with Gasteiger partial charge in [0.15, 0.2) is 0 Å². The highest BCUT2D eigenvalue weighted by Crippen LogP contribution is 2.16. The van der Waals surface area contributed by atoms with Crippen molar-refractivity contribution < 1.29 is 9.53 Å². The molecule has 1 aliphatic rings. The van der Waals surface area contributed by atoms with E-state index in [-0.39, 0.29) is 5.91 Å². The van der Waals surface area contributed by atoms with Crippen LogP contribution in [0, 0.1) is 11.3 Å². The van der Waals surface area contributed by atoms with Crippen LogP contribution in [0.15, 0.2) is 24.3 Å². The molecule has 0 unspecified atom stereocenters. The van der Waals surface area contributed by atoms with Crippen LogP contribution in [-0.4, -0.2) is 55.0 Å². The standard InChI is InChI=1S/C17H23N3O2/c1-2-13-22-16-6-3-5-15(14-16)17(21)20-11-9-19(10-12-20)8-4-7-18/h3,5-6,14H,2,4,8-13H2,1H3. The van der Waals surface area contributed by atoms with Crippen LogP contribution in [-0.2, 0) is 0 Å². The van der Waals surface area contributed by atoms with E-state index in [0.717, 1.165) is 31.8 Å². The van der Waals surface area contributed by atoms with Crippen LogP contribution in [0.5, 0.6) is 5.75 Å². The molecule has 0 atom stereocenters. The van der Waals surface area contributed by atoms with Crippen molar-refractivity contribution in [2.24, 2.45) is 0 Å². The Labute approximate surface area is 132 Å². The summed E-state index contributed by atoms with van der Waals surface area (Å²) in [6.07, 6.45) is 1.49. The van der Waals surface area contributed by atoms with Gasteiger partial charge >= 0.3 is 0 Å². The zero-order chi connectivity index (χ0) is 15.8. The number of carbonyl (C=O) groups excluding carboxylic acids is 1. The summed E-state index contributed by atoms with van der Waals surface area (Å²) in [5.74, 6) is 0.808. The minimum Gasteiger partial charge on any atom is -0.494 e. The smallest absolute Gasteiger partial charge is 0.254 e. The van der Waals surface area contributed by atoms with E-state index < -0.39 is 0 Å². The van der Waals surface area contributed by atoms with E-state index in [9.17, 15) is 4.79 Å². The highest BCUT2D eigenvalue weighted by molar-refractivity contribution is 5.94. The third-order valence-electron chi connectivity index (χ3n) is 3.75. The van der Waals surface area contributed by atoms with Crippen LogP contribution in [0.2, 0.25) is 0 Å². The molecule has 0 bridgehead atoms. The Bertz CT molecular complexity index is 531. The summed E-state index contributed by atoms with van der Waals surface area (Å²) in [5, 5.41) is 8.62. The maximum absolute atomic E-state index is 12.5. The average molecular weight is 301 g/mol. The summed E-state index contributed by atoms with van der Waals surface area (Å²) in [6.45, 7) is 6.60. The Balaban J connectivity index is 1.91. The van der Waals surface area contributed by atoms with E-state index >= 15 is 0 Å². The van der Waals surface area contributed by atoms with E-state index in [0.29, 0.717) is 31.7 Å². The van der Waals surface area contributed by atoms with Crippen molar-refractivity contribution in [3.8, 4) is 11.8 Å². The van der Waals surface area contributed by atoms with Gasteiger partial charge in [0.1, 0.15) is 5.75 Å². The number of nitriles is 1. The van der Waals surface area contributed by atoms with Crippen LogP contribution in [0.25, 0.3) is 0 Å². The van der Waals surface area contributed by atoms with E-state index in [2.05, 4.69) is 17.9 Å². The van der Waals surface area contributed by atoms with Gasteiger partial charge < -0.3 is 9.64 Å². The van der Waals surface area contributed by atoms with Gasteiger partial charge in [-0.3, -0.25) is 9.69 Å². The summed E-state index contributed by atoms with van der Waals surface area (Å²) < 4.78 is 5.59. The number of hydrogen-bond donors (Lipinski definition) is 0. The topological polar surface area (TPSA) is 56.6 Å². The van der Waals surface area contributed by atoms with Crippen molar-refractivity contribution >= 4 is 5.91 Å². The van der Waals surface area contributed by atoms with Gasteiger partial charge in [0.05, 0.1) is 12.7 Å². The molecule has 1 aromatic rings. The Kier molecular flexibility index (Phi) is 6.23. The maximum Gasteiger partial charge on any atom is 0.254 e. The highest BCUT2D eigenvalue weighted by atomic mass is 16.5. The summed E-state index contributed by atoms with van der Waals surface area (Å²) in [6, 6.07) is 9.56. The maximum atomic E-state index is 12.5. The average Bonchev–Trinajstić information content (AvgIpc) is 2.58. The monoisotopic (exact) mass is 301 g/mol. The van der Waals surface area contributed by atoms with E-state index in [4.69, 9.17) is 10.00 Å². The molecule has 5 heteroatoms. The molecule has 22 heavy (non-hydrogen) atoms. The number of benzene rings is 1. The molecule has 0 N–H and O–H groups in total. The van der Waals surface area contributed by atoms with Gasteiger partial charge in [0.25, 0.3) is 5.91 Å². The molecule has 0 spiro atoms. The SMILES string of the molecule is CCCOc1cccc(C(=O)N2CCN(CCC#N)CC2)c1. The lowest BCUT2D eigenvalue weighted by molar-refractivity contribution is 0.0639. The number of carbonyl (C=O) groups is 1. The largest absolute Gasteiger partial charge is 0.494 e. The second-order valence-electron chi connectivity index (χ2n) is 5.42. The summed E-state index contributed by atoms with van der Waals surface area (Å²) in [5.41, 5.74) is 0.680. The summed E-state index contributed by atoms with van der Waals surface area (Å²) in [7, 11) is 0. The first kappa shape index (κ1) is 16.3. The molecule has 0 aromatic heterocycles. The highest BCUT2D eigenvalue weighted by Gasteiger charge is 2.22. The Hall–Kier alpha value is -2.06. The molecular weight excluding hydrogens is 278 g/mol. The van der Waals surface area contributed by atoms with Crippen LogP contribution < -0.4 is 4.74 Å². The lowest BCUT2D eigenvalue weighted by Gasteiger charge is -2.34. The lowest BCUT2D eigenvalue weighted by Crippen LogP contribution is -2.48. The molecule has 1 aromatic carbocycles. The molecule has 118 valence electrons. The zero-order valence-corrected chi connectivity index (χ0v) is 13.1. The first-order valence-electron chi connectivity index (χ1n) is 7.86. The fourth-order valence-corrected chi connectivity index (χ4v) is 2.50. The minimum absolute atomic E-state index is 0.0573. The number of hydrogen-bond acceptors (Lipinski definition) is 4. The fourth-order valence-electron chi connectivity index (χ4n) is 2.50. The number of amides is 1. The second kappa shape index (κ2) is 8.40. The number of nitrogens with zero attached hydrogens (tertiary/aromatic N) is 3. The van der Waals surface area contributed by atoms with Crippen LogP contribution in [0.3, 0.4) is 0 Å². The lowest BCUT2D eigenvalue weighted by atomic mass is 10.1. The first-order valence-corrected chi connectivity index (χ1v) is 7.86. The van der Waals surface area contributed by atoms with Gasteiger partial charge in [-0.25, -0.2) is 0 Å². The van der Waals surface area contributed by atoms with Gasteiger partial charge in [0.2, 0.25) is 0 Å². The Morgan fingerprint density at radius 1 is 1.32 bits per heavy atom. The van der Waals surface area contributed by atoms with E-state index in [1.54, 1.807) is 0 Å². The van der Waals surface area contributed by atoms with Gasteiger partial charge in [-0.15, -0.1) is 0 Å². The molecule has 0 saturated carbocycles. The molecule has 1 amide bonds. The normalized spacial score (nSPS) is 15.4. The Morgan fingerprint density at radius 2 is 2.09 bits per heavy atom. The first-order chi connectivity index (χ1) is 10.7. The molecule has 1 saturated heterocycles. The van der Waals surface area contributed by atoms with Crippen molar-refractivity contribution in [3.05, 3.63) is 29.8 Å². The van der Waals surface area contributed by atoms with Crippen molar-refractivity contribution in [3.63, 3.8) is 0 Å². The summed E-state index contributed by atoms with van der Waals surface area (Å²) in [4.78, 5) is 16.7. The number of ether oxygens (including phenoxy) is 1. The predicted molar refractivity (Wildman–Crippen MR) is 84.8 cm³/mol. The Morgan fingerprint density at radius 3 is 2.77 bits per heavy atom. The fraction of sp³-hybridized carbons (Fsp3) is 0.529. The number of piperazine rings is 1. The van der Waals surface area contributed by atoms with Crippen molar-refractivity contribution in [1.29, 1.82) is 5.26 Å². The minimum atomic E-state index is 0.0573. The van der Waals surface area contributed by atoms with Gasteiger partial charge in [-0.1, -0.05) is 13.0 Å². The van der Waals surface area contributed by atoms with Crippen LogP contribution in [0.1, 0.15) is 30.1 Å². The number of rotatable bonds is 6. The van der Waals surface area contributed by atoms with Crippen molar-refractivity contribution in [2.45, 2.75) is 19.8 Å². The quantitative estimate of drug-likeness (QED) is 0.808. The molecule has 2 rings (SSSR count). The van der Waals surface area contributed by atoms with Gasteiger partial charge in [0, 0.05) is 44.7 Å². The molecule has 0 aliphatic carbocycles. The van der Waals surface area contributed by atoms with E-state index in [1.807, 2.05) is 29.2 Å².